The second-order valence-electron chi connectivity index (χ2n) is 2.02. The predicted molar refractivity (Wildman–Crippen MR) is 23.1 cm³/mol. The van der Waals surface area contributed by atoms with Crippen LogP contribution in [0.5, 0.6) is 0 Å². The van der Waals surface area contributed by atoms with Crippen LogP contribution in [0.15, 0.2) is 0 Å². The maximum Gasteiger partial charge on any atom is 0.0596 e. The highest BCUT2D eigenvalue weighted by Crippen LogP contribution is 2.17. The quantitative estimate of drug-likeness (QED) is 0.418. The van der Waals surface area contributed by atoms with Gasteiger partial charge in [0.05, 0.1) is 12.3 Å². The Labute approximate surface area is 36.9 Å². The molecule has 34 valence electrons. The maximum atomic E-state index is 3.31. The van der Waals surface area contributed by atoms with Crippen LogP contribution in [0.2, 0.25) is 0 Å². The van der Waals surface area contributed by atoms with E-state index in [1.54, 1.807) is 0 Å². The van der Waals surface area contributed by atoms with Gasteiger partial charge in [-0.15, -0.1) is 0 Å². The fraction of sp³-hybridized carbons (Fsp3) is 1.00. The van der Waals surface area contributed by atoms with E-state index in [2.05, 4.69) is 10.6 Å². The molecule has 3 heterocycles. The lowest BCUT2D eigenvalue weighted by Crippen LogP contribution is -2.59. The van der Waals surface area contributed by atoms with Gasteiger partial charge in [0.15, 0.2) is 0 Å². The van der Waals surface area contributed by atoms with Crippen LogP contribution in [0, 0.1) is 0 Å². The first kappa shape index (κ1) is 2.99. The molecule has 3 fully saturated rings. The topological polar surface area (TPSA) is 24.1 Å². The van der Waals surface area contributed by atoms with Crippen molar-refractivity contribution in [2.24, 2.45) is 0 Å². The zero-order valence-electron chi connectivity index (χ0n) is 3.57. The number of fused-ring (bicyclic) bond motifs is 1. The van der Waals surface area contributed by atoms with Gasteiger partial charge in [0.2, 0.25) is 0 Å². The normalized spacial score (nSPS) is 52.0. The molecule has 3 aliphatic rings. The molecule has 0 radical (unpaired) electrons. The van der Waals surface area contributed by atoms with Crippen LogP contribution in [-0.4, -0.2) is 12.3 Å². The van der Waals surface area contributed by atoms with Gasteiger partial charge in [0.1, 0.15) is 0 Å². The molecule has 3 aliphatic heterocycles. The molecule has 6 heavy (non-hydrogen) atoms. The summed E-state index contributed by atoms with van der Waals surface area (Å²) < 4.78 is 0. The van der Waals surface area contributed by atoms with Crippen molar-refractivity contribution in [3.8, 4) is 0 Å². The fourth-order valence-corrected chi connectivity index (χ4v) is 1.15. The summed E-state index contributed by atoms with van der Waals surface area (Å²) in [6.07, 6.45) is 4.06. The summed E-state index contributed by atoms with van der Waals surface area (Å²) in [6.45, 7) is 0. The molecule has 0 spiro atoms. The van der Waals surface area contributed by atoms with E-state index in [0.29, 0.717) is 12.3 Å². The highest BCUT2D eigenvalue weighted by Gasteiger charge is 2.33. The lowest BCUT2D eigenvalue weighted by atomic mass is 10.4. The molecule has 2 heteroatoms. The molecule has 0 aliphatic carbocycles. The molecule has 0 aromatic heterocycles. The Balaban J connectivity index is 2.16. The zero-order chi connectivity index (χ0) is 3.98. The third-order valence-corrected chi connectivity index (χ3v) is 1.55. The van der Waals surface area contributed by atoms with Crippen LogP contribution < -0.4 is 10.6 Å². The predicted octanol–water partition coefficient (Wildman–Crippen LogP) is -0.375. The smallest absolute Gasteiger partial charge is 0.0596 e. The van der Waals surface area contributed by atoms with Gasteiger partial charge in [-0.25, -0.2) is 0 Å². The molecule has 2 N–H and O–H groups in total. The average molecular weight is 84.1 g/mol. The molecule has 0 amide bonds. The first-order valence-corrected chi connectivity index (χ1v) is 2.47. The second-order valence-corrected chi connectivity index (χ2v) is 2.02. The van der Waals surface area contributed by atoms with Gasteiger partial charge in [-0.2, -0.15) is 0 Å². The fourth-order valence-electron chi connectivity index (χ4n) is 1.15. The third kappa shape index (κ3) is 0.200. The summed E-state index contributed by atoms with van der Waals surface area (Å²) in [5, 5.41) is 6.61. The molecule has 0 aromatic carbocycles. The molecule has 3 rings (SSSR count). The highest BCUT2D eigenvalue weighted by atomic mass is 15.4. The Kier molecular flexibility index (Phi) is 0.383. The van der Waals surface area contributed by atoms with Gasteiger partial charge in [-0.1, -0.05) is 0 Å². The van der Waals surface area contributed by atoms with Crippen molar-refractivity contribution in [3.63, 3.8) is 0 Å². The van der Waals surface area contributed by atoms with Crippen LogP contribution >= 0.6 is 0 Å². The van der Waals surface area contributed by atoms with Gasteiger partial charge in [-0.05, 0) is 12.8 Å². The highest BCUT2D eigenvalue weighted by molar-refractivity contribution is 4.91. The number of hydrogen-bond donors (Lipinski definition) is 2. The molecule has 2 nitrogen and oxygen atoms in total. The molecule has 0 saturated carbocycles. The second kappa shape index (κ2) is 0.768. The Hall–Kier alpha value is -0.0800. The van der Waals surface area contributed by atoms with E-state index in [4.69, 9.17) is 0 Å². The molecule has 3 saturated heterocycles. The van der Waals surface area contributed by atoms with Crippen LogP contribution in [0.4, 0.5) is 0 Å². The van der Waals surface area contributed by atoms with Gasteiger partial charge >= 0.3 is 0 Å². The van der Waals surface area contributed by atoms with Crippen molar-refractivity contribution in [1.29, 1.82) is 0 Å². The lowest BCUT2D eigenvalue weighted by Gasteiger charge is -2.27. The summed E-state index contributed by atoms with van der Waals surface area (Å²) in [4.78, 5) is 0. The van der Waals surface area contributed by atoms with Crippen molar-refractivity contribution in [2.75, 3.05) is 0 Å². The molecule has 0 unspecified atom stereocenters. The van der Waals surface area contributed by atoms with Gasteiger partial charge in [0, 0.05) is 0 Å². The van der Waals surface area contributed by atoms with Gasteiger partial charge in [-0.3, -0.25) is 10.6 Å². The van der Waals surface area contributed by atoms with Gasteiger partial charge in [0.25, 0.3) is 0 Å². The summed E-state index contributed by atoms with van der Waals surface area (Å²) in [5.74, 6) is 0. The molecule has 0 atom stereocenters. The Morgan fingerprint density at radius 1 is 1.00 bits per heavy atom. The summed E-state index contributed by atoms with van der Waals surface area (Å²) in [6, 6.07) is 0. The Morgan fingerprint density at radius 3 is 1.67 bits per heavy atom. The van der Waals surface area contributed by atoms with E-state index >= 15 is 0 Å². The standard InChI is InChI=1S/C4H8N2/c1-2-4-5-3(1)6-4/h3-6H,1-2H2. The average Bonchev–Trinajstić information content (AvgIpc) is 1.72. The largest absolute Gasteiger partial charge is 0.286 e. The summed E-state index contributed by atoms with van der Waals surface area (Å²) >= 11 is 0. The monoisotopic (exact) mass is 84.1 g/mol. The SMILES string of the molecule is C1CC2NC1N2. The first-order chi connectivity index (χ1) is 2.95. The van der Waals surface area contributed by atoms with E-state index in [1.165, 1.54) is 12.8 Å². The van der Waals surface area contributed by atoms with Crippen LogP contribution in [0.1, 0.15) is 12.8 Å². The Bertz CT molecular complexity index is 52.4. The lowest BCUT2D eigenvalue weighted by molar-refractivity contribution is 0.294. The summed E-state index contributed by atoms with van der Waals surface area (Å²) in [7, 11) is 0. The van der Waals surface area contributed by atoms with Crippen molar-refractivity contribution < 1.29 is 0 Å². The minimum atomic E-state index is 0.690. The molecule has 2 bridgehead atoms. The van der Waals surface area contributed by atoms with Crippen LogP contribution in [-0.2, 0) is 0 Å². The summed E-state index contributed by atoms with van der Waals surface area (Å²) in [5.41, 5.74) is 0. The van der Waals surface area contributed by atoms with E-state index in [9.17, 15) is 0 Å². The van der Waals surface area contributed by atoms with E-state index in [0.717, 1.165) is 0 Å². The van der Waals surface area contributed by atoms with Crippen molar-refractivity contribution in [1.82, 2.24) is 10.6 Å². The number of rotatable bonds is 0. The van der Waals surface area contributed by atoms with Crippen LogP contribution in [0.3, 0.4) is 0 Å². The minimum absolute atomic E-state index is 0.690. The first-order valence-electron chi connectivity index (χ1n) is 2.47. The molecular formula is C4H8N2. The molecular weight excluding hydrogens is 76.1 g/mol. The number of hydrogen-bond acceptors (Lipinski definition) is 2. The van der Waals surface area contributed by atoms with E-state index in [1.807, 2.05) is 0 Å². The zero-order valence-corrected chi connectivity index (χ0v) is 3.57. The Morgan fingerprint density at radius 2 is 1.50 bits per heavy atom. The van der Waals surface area contributed by atoms with E-state index in [-0.39, 0.29) is 0 Å². The minimum Gasteiger partial charge on any atom is -0.286 e. The van der Waals surface area contributed by atoms with Gasteiger partial charge < -0.3 is 0 Å². The third-order valence-electron chi connectivity index (χ3n) is 1.55. The van der Waals surface area contributed by atoms with Crippen molar-refractivity contribution in [2.45, 2.75) is 25.2 Å². The van der Waals surface area contributed by atoms with Crippen molar-refractivity contribution >= 4 is 0 Å². The van der Waals surface area contributed by atoms with Crippen molar-refractivity contribution in [3.05, 3.63) is 0 Å². The number of nitrogens with one attached hydrogen (secondary N) is 2. The maximum absolute atomic E-state index is 3.31. The molecule has 0 aromatic rings. The van der Waals surface area contributed by atoms with Crippen LogP contribution in [0.25, 0.3) is 0 Å². The van der Waals surface area contributed by atoms with E-state index < -0.39 is 0 Å².